The molecule has 0 saturated carbocycles. The van der Waals surface area contributed by atoms with Crippen LogP contribution in [0.2, 0.25) is 0 Å². The first-order valence-electron chi connectivity index (χ1n) is 6.49. The van der Waals surface area contributed by atoms with E-state index < -0.39 is 10.7 Å². The molecule has 0 amide bonds. The highest BCUT2D eigenvalue weighted by molar-refractivity contribution is 7.81. The van der Waals surface area contributed by atoms with Crippen LogP contribution in [0.3, 0.4) is 0 Å². The van der Waals surface area contributed by atoms with Crippen LogP contribution in [0.1, 0.15) is 31.0 Å². The number of nitrogens with zero attached hydrogens (tertiary/aromatic N) is 1. The summed E-state index contributed by atoms with van der Waals surface area (Å²) in [6, 6.07) is 9.96. The number of carbonyl (C=O) groups is 1. The maximum absolute atomic E-state index is 10.8. The Morgan fingerprint density at radius 3 is 2.29 bits per heavy atom. The molecule has 4 nitrogen and oxygen atoms in total. The molecular formula is C14H22Cl2N2O2S. The number of carboxylic acids is 1. The molecular weight excluding hydrogens is 331 g/mol. The predicted octanol–water partition coefficient (Wildman–Crippen LogP) is 2.73. The number of halogens is 2. The number of piperidine rings is 1. The quantitative estimate of drug-likeness (QED) is 0.729. The van der Waals surface area contributed by atoms with Crippen molar-refractivity contribution in [3.05, 3.63) is 35.9 Å². The monoisotopic (exact) mass is 352 g/mol. The van der Waals surface area contributed by atoms with Crippen LogP contribution in [-0.4, -0.2) is 33.8 Å². The standard InChI is InChI=1S/C14H20N2O2S.2ClH/c15-13(11-4-2-1-3-5-11)16-8-6-14(19,7-9-16)10-12(17)18;;/h1-5,13,19H,6-10,15H2,(H,17,18);2*1H. The van der Waals surface area contributed by atoms with Crippen molar-refractivity contribution >= 4 is 43.4 Å². The van der Waals surface area contributed by atoms with Crippen molar-refractivity contribution in [1.29, 1.82) is 0 Å². The third kappa shape index (κ3) is 5.68. The van der Waals surface area contributed by atoms with Gasteiger partial charge in [0.25, 0.3) is 0 Å². The topological polar surface area (TPSA) is 66.6 Å². The minimum atomic E-state index is -0.782. The number of rotatable bonds is 4. The summed E-state index contributed by atoms with van der Waals surface area (Å²) in [7, 11) is 0. The molecule has 7 heteroatoms. The predicted molar refractivity (Wildman–Crippen MR) is 92.6 cm³/mol. The molecule has 0 spiro atoms. The van der Waals surface area contributed by atoms with E-state index >= 15 is 0 Å². The number of thiol groups is 1. The lowest BCUT2D eigenvalue weighted by molar-refractivity contribution is -0.138. The highest BCUT2D eigenvalue weighted by Crippen LogP contribution is 2.34. The molecule has 1 heterocycles. The number of nitrogens with two attached hydrogens (primary N) is 1. The number of hydrogen-bond donors (Lipinski definition) is 3. The minimum absolute atomic E-state index is 0. The van der Waals surface area contributed by atoms with Gasteiger partial charge in [0, 0.05) is 17.8 Å². The number of carboxylic acid groups (broad SMARTS) is 1. The molecule has 120 valence electrons. The molecule has 1 atom stereocenters. The average Bonchev–Trinajstić information content (AvgIpc) is 2.38. The van der Waals surface area contributed by atoms with Crippen LogP contribution in [0.4, 0.5) is 0 Å². The Kier molecular flexibility index (Phi) is 8.66. The van der Waals surface area contributed by atoms with E-state index in [0.717, 1.165) is 31.5 Å². The van der Waals surface area contributed by atoms with Crippen molar-refractivity contribution in [2.75, 3.05) is 13.1 Å². The van der Waals surface area contributed by atoms with Gasteiger partial charge in [0.1, 0.15) is 0 Å². The van der Waals surface area contributed by atoms with E-state index in [1.54, 1.807) is 0 Å². The lowest BCUT2D eigenvalue weighted by Gasteiger charge is -2.40. The molecule has 0 radical (unpaired) electrons. The molecule has 1 fully saturated rings. The van der Waals surface area contributed by atoms with Crippen LogP contribution < -0.4 is 5.73 Å². The van der Waals surface area contributed by atoms with Crippen molar-refractivity contribution in [2.24, 2.45) is 5.73 Å². The van der Waals surface area contributed by atoms with Gasteiger partial charge in [-0.25, -0.2) is 0 Å². The third-order valence-electron chi connectivity index (χ3n) is 3.74. The van der Waals surface area contributed by atoms with E-state index in [0.29, 0.717) is 0 Å². The van der Waals surface area contributed by atoms with E-state index in [4.69, 9.17) is 10.8 Å². The Morgan fingerprint density at radius 2 is 1.81 bits per heavy atom. The van der Waals surface area contributed by atoms with Gasteiger partial charge >= 0.3 is 5.97 Å². The van der Waals surface area contributed by atoms with Crippen molar-refractivity contribution in [2.45, 2.75) is 30.2 Å². The second kappa shape index (κ2) is 8.86. The molecule has 3 N–H and O–H groups in total. The fourth-order valence-corrected chi connectivity index (χ4v) is 2.87. The van der Waals surface area contributed by atoms with Gasteiger partial charge in [-0.2, -0.15) is 12.6 Å². The van der Waals surface area contributed by atoms with Gasteiger partial charge in [-0.15, -0.1) is 24.8 Å². The summed E-state index contributed by atoms with van der Waals surface area (Å²) >= 11 is 4.54. The van der Waals surface area contributed by atoms with Gasteiger partial charge in [0.2, 0.25) is 0 Å². The van der Waals surface area contributed by atoms with E-state index in [1.165, 1.54) is 0 Å². The SMILES string of the molecule is Cl.Cl.NC(c1ccccc1)N1CCC(S)(CC(=O)O)CC1. The Morgan fingerprint density at radius 1 is 1.29 bits per heavy atom. The zero-order valence-electron chi connectivity index (χ0n) is 11.6. The minimum Gasteiger partial charge on any atom is -0.481 e. The smallest absolute Gasteiger partial charge is 0.304 e. The zero-order chi connectivity index (χ0) is 13.9. The largest absolute Gasteiger partial charge is 0.481 e. The van der Waals surface area contributed by atoms with Crippen LogP contribution >= 0.6 is 37.4 Å². The highest BCUT2D eigenvalue weighted by Gasteiger charge is 2.34. The molecule has 1 aliphatic rings. The summed E-state index contributed by atoms with van der Waals surface area (Å²) in [6.07, 6.45) is 1.50. The first-order valence-corrected chi connectivity index (χ1v) is 6.94. The lowest BCUT2D eigenvalue weighted by atomic mass is 9.91. The van der Waals surface area contributed by atoms with Crippen molar-refractivity contribution in [3.63, 3.8) is 0 Å². The molecule has 1 aromatic rings. The number of likely N-dealkylation sites (tertiary alicyclic amines) is 1. The highest BCUT2D eigenvalue weighted by atomic mass is 35.5. The van der Waals surface area contributed by atoms with Gasteiger partial charge in [-0.3, -0.25) is 9.69 Å². The maximum Gasteiger partial charge on any atom is 0.304 e. The average molecular weight is 353 g/mol. The Bertz CT molecular complexity index is 440. The molecule has 1 aliphatic heterocycles. The van der Waals surface area contributed by atoms with E-state index in [9.17, 15) is 4.79 Å². The number of aliphatic carboxylic acids is 1. The van der Waals surface area contributed by atoms with Crippen molar-refractivity contribution in [1.82, 2.24) is 4.90 Å². The summed E-state index contributed by atoms with van der Waals surface area (Å²) in [4.78, 5) is 13.0. The summed E-state index contributed by atoms with van der Waals surface area (Å²) in [5.74, 6) is -0.782. The molecule has 0 bridgehead atoms. The molecule has 0 aliphatic carbocycles. The molecule has 1 aromatic carbocycles. The van der Waals surface area contributed by atoms with Crippen molar-refractivity contribution in [3.8, 4) is 0 Å². The second-order valence-corrected chi connectivity index (χ2v) is 6.14. The Hall–Kier alpha value is -0.460. The first-order chi connectivity index (χ1) is 9.00. The van der Waals surface area contributed by atoms with Gasteiger partial charge in [0.05, 0.1) is 12.6 Å². The number of benzene rings is 1. The Labute approximate surface area is 143 Å². The zero-order valence-corrected chi connectivity index (χ0v) is 14.2. The lowest BCUT2D eigenvalue weighted by Crippen LogP contribution is -2.46. The molecule has 0 aromatic heterocycles. The second-order valence-electron chi connectivity index (χ2n) is 5.19. The summed E-state index contributed by atoms with van der Waals surface area (Å²) in [6.45, 7) is 1.57. The van der Waals surface area contributed by atoms with E-state index in [-0.39, 0.29) is 37.4 Å². The first kappa shape index (κ1) is 20.5. The third-order valence-corrected chi connectivity index (χ3v) is 4.35. The summed E-state index contributed by atoms with van der Waals surface area (Å²) in [5.41, 5.74) is 7.33. The van der Waals surface area contributed by atoms with Gasteiger partial charge in [0.15, 0.2) is 0 Å². The summed E-state index contributed by atoms with van der Waals surface area (Å²) < 4.78 is -0.390. The van der Waals surface area contributed by atoms with Crippen LogP contribution in [0.15, 0.2) is 30.3 Å². The molecule has 2 rings (SSSR count). The van der Waals surface area contributed by atoms with Gasteiger partial charge < -0.3 is 10.8 Å². The molecule has 21 heavy (non-hydrogen) atoms. The Balaban J connectivity index is 0.00000200. The van der Waals surface area contributed by atoms with Gasteiger partial charge in [-0.1, -0.05) is 30.3 Å². The summed E-state index contributed by atoms with van der Waals surface area (Å²) in [5, 5.41) is 8.90. The fraction of sp³-hybridized carbons (Fsp3) is 0.500. The molecule has 1 saturated heterocycles. The van der Waals surface area contributed by atoms with Crippen LogP contribution in [0.5, 0.6) is 0 Å². The molecule has 1 unspecified atom stereocenters. The number of hydrogen-bond acceptors (Lipinski definition) is 4. The van der Waals surface area contributed by atoms with Crippen LogP contribution in [-0.2, 0) is 4.79 Å². The van der Waals surface area contributed by atoms with E-state index in [2.05, 4.69) is 17.5 Å². The van der Waals surface area contributed by atoms with Crippen LogP contribution in [0.25, 0.3) is 0 Å². The van der Waals surface area contributed by atoms with Crippen LogP contribution in [0, 0.1) is 0 Å². The normalized spacial score (nSPS) is 19.0. The van der Waals surface area contributed by atoms with Crippen molar-refractivity contribution < 1.29 is 9.90 Å². The van der Waals surface area contributed by atoms with E-state index in [1.807, 2.05) is 30.3 Å². The van der Waals surface area contributed by atoms with Gasteiger partial charge in [-0.05, 0) is 18.4 Å². The maximum atomic E-state index is 10.8. The fourth-order valence-electron chi connectivity index (χ4n) is 2.54.